The standard InChI is InChI=1S/C52H30O/c1-3-12-32(13-4-1)46-39-17-9-10-18-40(39)47(33-14-5-2-6-15-33)51-44-27-28-45-49-41(25-26-43(48(44)49)50(46)51)42-24-22-37-30-36(21-23-38(37)52(42)53-45)35-20-19-31-11-7-8-16-34(31)29-35/h1-30H. The van der Waals surface area contributed by atoms with E-state index >= 15 is 0 Å². The molecule has 1 nitrogen and oxygen atoms in total. The highest BCUT2D eigenvalue weighted by Gasteiger charge is 2.25. The van der Waals surface area contributed by atoms with Crippen LogP contribution in [-0.4, -0.2) is 0 Å². The molecule has 0 saturated carbocycles. The Hall–Kier alpha value is -6.96. The fourth-order valence-corrected chi connectivity index (χ4v) is 9.26. The van der Waals surface area contributed by atoms with E-state index in [0.717, 1.165) is 21.9 Å². The summed E-state index contributed by atoms with van der Waals surface area (Å²) in [7, 11) is 0. The van der Waals surface area contributed by atoms with E-state index in [1.165, 1.54) is 98.0 Å². The Labute approximate surface area is 305 Å². The minimum atomic E-state index is 0.916. The molecule has 0 N–H and O–H groups in total. The minimum Gasteiger partial charge on any atom is -0.455 e. The molecule has 1 heteroatoms. The van der Waals surface area contributed by atoms with Gasteiger partial charge in [-0.1, -0.05) is 146 Å². The number of hydrogen-bond acceptors (Lipinski definition) is 1. The van der Waals surface area contributed by atoms with Crippen LogP contribution in [0.4, 0.5) is 0 Å². The van der Waals surface area contributed by atoms with Gasteiger partial charge in [0, 0.05) is 21.5 Å². The van der Waals surface area contributed by atoms with Gasteiger partial charge in [-0.15, -0.1) is 0 Å². The Kier molecular flexibility index (Phi) is 5.84. The monoisotopic (exact) mass is 670 g/mol. The van der Waals surface area contributed by atoms with Crippen LogP contribution in [0.15, 0.2) is 186 Å². The van der Waals surface area contributed by atoms with Crippen molar-refractivity contribution in [3.63, 3.8) is 0 Å². The first-order chi connectivity index (χ1) is 26.3. The molecule has 0 saturated heterocycles. The molecule has 1 heterocycles. The van der Waals surface area contributed by atoms with Crippen molar-refractivity contribution in [3.05, 3.63) is 182 Å². The van der Waals surface area contributed by atoms with Gasteiger partial charge < -0.3 is 4.42 Å². The van der Waals surface area contributed by atoms with Crippen LogP contribution in [0, 0.1) is 0 Å². The van der Waals surface area contributed by atoms with Crippen LogP contribution in [0.1, 0.15) is 0 Å². The molecule has 0 atom stereocenters. The third-order valence-corrected chi connectivity index (χ3v) is 11.6. The summed E-state index contributed by atoms with van der Waals surface area (Å²) in [6.45, 7) is 0. The van der Waals surface area contributed by atoms with Gasteiger partial charge in [-0.2, -0.15) is 0 Å². The summed E-state index contributed by atoms with van der Waals surface area (Å²) < 4.78 is 7.01. The molecule has 1 aromatic heterocycles. The number of benzene rings is 10. The summed E-state index contributed by atoms with van der Waals surface area (Å²) in [6, 6.07) is 66.5. The van der Waals surface area contributed by atoms with Gasteiger partial charge in [0.2, 0.25) is 0 Å². The van der Waals surface area contributed by atoms with Crippen LogP contribution in [0.2, 0.25) is 0 Å². The maximum Gasteiger partial charge on any atom is 0.143 e. The highest BCUT2D eigenvalue weighted by molar-refractivity contribution is 6.43. The van der Waals surface area contributed by atoms with E-state index in [9.17, 15) is 0 Å². The molecular formula is C52H30O. The fraction of sp³-hybridized carbons (Fsp3) is 0. The maximum absolute atomic E-state index is 7.01. The first-order valence-corrected chi connectivity index (χ1v) is 18.3. The largest absolute Gasteiger partial charge is 0.455 e. The molecule has 0 aliphatic heterocycles. The van der Waals surface area contributed by atoms with Crippen LogP contribution in [-0.2, 0) is 0 Å². The van der Waals surface area contributed by atoms with Crippen LogP contribution in [0.3, 0.4) is 0 Å². The number of rotatable bonds is 3. The van der Waals surface area contributed by atoms with E-state index in [1.807, 2.05) is 0 Å². The van der Waals surface area contributed by atoms with Crippen molar-refractivity contribution in [2.75, 3.05) is 0 Å². The lowest BCUT2D eigenvalue weighted by Gasteiger charge is -2.16. The van der Waals surface area contributed by atoms with Gasteiger partial charge in [-0.25, -0.2) is 0 Å². The van der Waals surface area contributed by atoms with Gasteiger partial charge in [0.1, 0.15) is 11.2 Å². The fourth-order valence-electron chi connectivity index (χ4n) is 9.26. The summed E-state index contributed by atoms with van der Waals surface area (Å²) in [5.74, 6) is 0. The molecule has 0 aliphatic rings. The Morgan fingerprint density at radius 1 is 0.264 bits per heavy atom. The SMILES string of the molecule is c1ccc(-c2c3ccccc3c(-c3ccccc3)c3c4ccc5c6ccc7cc(-c8ccc9ccccc9c8)ccc7c6oc6ccc(c23)c4c65)cc1. The van der Waals surface area contributed by atoms with E-state index in [2.05, 4.69) is 182 Å². The highest BCUT2D eigenvalue weighted by Crippen LogP contribution is 2.53. The van der Waals surface area contributed by atoms with Crippen LogP contribution < -0.4 is 0 Å². The smallest absolute Gasteiger partial charge is 0.143 e. The van der Waals surface area contributed by atoms with Crippen LogP contribution in [0.5, 0.6) is 0 Å². The quantitative estimate of drug-likeness (QED) is 0.135. The van der Waals surface area contributed by atoms with Crippen LogP contribution >= 0.6 is 0 Å². The van der Waals surface area contributed by atoms with Gasteiger partial charge >= 0.3 is 0 Å². The Morgan fingerprint density at radius 3 is 1.47 bits per heavy atom. The first-order valence-electron chi connectivity index (χ1n) is 18.3. The molecule has 0 amide bonds. The second-order valence-corrected chi connectivity index (χ2v) is 14.3. The predicted molar refractivity (Wildman–Crippen MR) is 226 cm³/mol. The van der Waals surface area contributed by atoms with E-state index in [0.29, 0.717) is 0 Å². The van der Waals surface area contributed by atoms with E-state index in [4.69, 9.17) is 4.42 Å². The summed E-state index contributed by atoms with van der Waals surface area (Å²) in [5.41, 5.74) is 9.30. The van der Waals surface area contributed by atoms with Crippen molar-refractivity contribution in [2.45, 2.75) is 0 Å². The van der Waals surface area contributed by atoms with Gasteiger partial charge in [-0.3, -0.25) is 0 Å². The molecule has 0 spiro atoms. The molecule has 244 valence electrons. The average Bonchev–Trinajstić information content (AvgIpc) is 3.56. The summed E-state index contributed by atoms with van der Waals surface area (Å²) in [6.07, 6.45) is 0. The van der Waals surface area contributed by atoms with Gasteiger partial charge in [-0.05, 0) is 124 Å². The van der Waals surface area contributed by atoms with Crippen molar-refractivity contribution in [1.82, 2.24) is 0 Å². The topological polar surface area (TPSA) is 13.1 Å². The molecule has 0 unspecified atom stereocenters. The molecule has 0 fully saturated rings. The Bertz CT molecular complexity index is 3330. The molecule has 0 bridgehead atoms. The van der Waals surface area contributed by atoms with Gasteiger partial charge in [0.15, 0.2) is 0 Å². The second kappa shape index (κ2) is 10.8. The second-order valence-electron chi connectivity index (χ2n) is 14.3. The summed E-state index contributed by atoms with van der Waals surface area (Å²) in [4.78, 5) is 0. The maximum atomic E-state index is 7.01. The minimum absolute atomic E-state index is 0.916. The Balaban J connectivity index is 1.17. The zero-order valence-corrected chi connectivity index (χ0v) is 28.7. The molecule has 0 radical (unpaired) electrons. The Morgan fingerprint density at radius 2 is 0.774 bits per heavy atom. The zero-order valence-electron chi connectivity index (χ0n) is 28.7. The summed E-state index contributed by atoms with van der Waals surface area (Å²) >= 11 is 0. The normalized spacial score (nSPS) is 12.2. The molecular weight excluding hydrogens is 641 g/mol. The van der Waals surface area contributed by atoms with Crippen molar-refractivity contribution in [3.8, 4) is 33.4 Å². The lowest BCUT2D eigenvalue weighted by atomic mass is 9.86. The molecule has 12 aromatic rings. The lowest BCUT2D eigenvalue weighted by molar-refractivity contribution is 0.666. The van der Waals surface area contributed by atoms with Crippen molar-refractivity contribution >= 4 is 86.6 Å². The predicted octanol–water partition coefficient (Wildman–Crippen LogP) is 14.9. The molecule has 0 aliphatic carbocycles. The van der Waals surface area contributed by atoms with Crippen LogP contribution in [0.25, 0.3) is 120 Å². The van der Waals surface area contributed by atoms with Crippen molar-refractivity contribution < 1.29 is 4.42 Å². The highest BCUT2D eigenvalue weighted by atomic mass is 16.3. The number of fused-ring (bicyclic) bond motifs is 9. The van der Waals surface area contributed by atoms with E-state index in [-0.39, 0.29) is 0 Å². The third kappa shape index (κ3) is 4.02. The van der Waals surface area contributed by atoms with E-state index in [1.54, 1.807) is 0 Å². The van der Waals surface area contributed by atoms with Crippen molar-refractivity contribution in [2.24, 2.45) is 0 Å². The first kappa shape index (κ1) is 28.7. The van der Waals surface area contributed by atoms with E-state index < -0.39 is 0 Å². The molecule has 12 rings (SSSR count). The lowest BCUT2D eigenvalue weighted by Crippen LogP contribution is -1.89. The van der Waals surface area contributed by atoms with Gasteiger partial charge in [0.25, 0.3) is 0 Å². The number of hydrogen-bond donors (Lipinski definition) is 0. The zero-order chi connectivity index (χ0) is 34.6. The summed E-state index contributed by atoms with van der Waals surface area (Å²) in [5, 5.41) is 17.3. The third-order valence-electron chi connectivity index (χ3n) is 11.6. The molecule has 53 heavy (non-hydrogen) atoms. The van der Waals surface area contributed by atoms with Crippen molar-refractivity contribution in [1.29, 1.82) is 0 Å². The van der Waals surface area contributed by atoms with Gasteiger partial charge in [0.05, 0.1) is 0 Å². The molecule has 11 aromatic carbocycles. The average molecular weight is 671 g/mol.